The zero-order valence-corrected chi connectivity index (χ0v) is 13.3. The number of alkyl halides is 1. The van der Waals surface area contributed by atoms with Gasteiger partial charge in [0.15, 0.2) is 0 Å². The third-order valence-electron chi connectivity index (χ3n) is 3.89. The predicted octanol–water partition coefficient (Wildman–Crippen LogP) is 4.13. The van der Waals surface area contributed by atoms with E-state index in [-0.39, 0.29) is 11.9 Å². The minimum atomic E-state index is 0.0672. The highest BCUT2D eigenvalue weighted by Gasteiger charge is 2.23. The summed E-state index contributed by atoms with van der Waals surface area (Å²) in [5.41, 5.74) is 2.98. The van der Waals surface area contributed by atoms with Crippen molar-refractivity contribution in [1.82, 2.24) is 5.32 Å². The first-order chi connectivity index (χ1) is 9.08. The number of carbonyl (C=O) groups is 1. The summed E-state index contributed by atoms with van der Waals surface area (Å²) >= 11 is 3.72. The van der Waals surface area contributed by atoms with E-state index in [1.165, 1.54) is 19.3 Å². The molecule has 1 N–H and O–H groups in total. The number of nitrogens with one attached hydrogen (secondary N) is 1. The lowest BCUT2D eigenvalue weighted by molar-refractivity contribution is 0.0934. The summed E-state index contributed by atoms with van der Waals surface area (Å²) in [5, 5.41) is 3.21. The Balaban J connectivity index is 2.09. The fourth-order valence-electron chi connectivity index (χ4n) is 2.65. The van der Waals surface area contributed by atoms with Gasteiger partial charge in [0.25, 0.3) is 5.91 Å². The number of amides is 1. The van der Waals surface area contributed by atoms with Crippen molar-refractivity contribution in [3.63, 3.8) is 0 Å². The number of hydrogen-bond donors (Lipinski definition) is 1. The molecule has 0 heterocycles. The van der Waals surface area contributed by atoms with E-state index in [9.17, 15) is 4.79 Å². The Morgan fingerprint density at radius 1 is 1.21 bits per heavy atom. The molecule has 1 amide bonds. The van der Waals surface area contributed by atoms with Crippen LogP contribution in [0.4, 0.5) is 0 Å². The highest BCUT2D eigenvalue weighted by Crippen LogP contribution is 2.24. The van der Waals surface area contributed by atoms with Gasteiger partial charge in [-0.2, -0.15) is 0 Å². The average molecular weight is 324 g/mol. The van der Waals surface area contributed by atoms with Gasteiger partial charge in [-0.25, -0.2) is 0 Å². The largest absolute Gasteiger partial charge is 0.348 e. The van der Waals surface area contributed by atoms with Gasteiger partial charge in [-0.3, -0.25) is 4.79 Å². The Morgan fingerprint density at radius 3 is 2.74 bits per heavy atom. The van der Waals surface area contributed by atoms with Gasteiger partial charge < -0.3 is 5.32 Å². The Kier molecular flexibility index (Phi) is 5.03. The quantitative estimate of drug-likeness (QED) is 0.643. The van der Waals surface area contributed by atoms with E-state index < -0.39 is 0 Å². The molecule has 2 nitrogen and oxygen atoms in total. The SMILES string of the molecule is Cc1ccc(C)c(C(=O)NC2CCCCCC2Br)c1. The van der Waals surface area contributed by atoms with Crippen LogP contribution in [0.1, 0.15) is 53.6 Å². The van der Waals surface area contributed by atoms with Gasteiger partial charge in [-0.05, 0) is 38.3 Å². The summed E-state index contributed by atoms with van der Waals surface area (Å²) in [6.07, 6.45) is 5.97. The Hall–Kier alpha value is -0.830. The first-order valence-corrected chi connectivity index (χ1v) is 8.01. The normalized spacial score (nSPS) is 23.7. The van der Waals surface area contributed by atoms with Crippen LogP contribution in [0.2, 0.25) is 0 Å². The van der Waals surface area contributed by atoms with Gasteiger partial charge >= 0.3 is 0 Å². The molecule has 19 heavy (non-hydrogen) atoms. The minimum Gasteiger partial charge on any atom is -0.348 e. The highest BCUT2D eigenvalue weighted by molar-refractivity contribution is 9.09. The van der Waals surface area contributed by atoms with Gasteiger partial charge in [0.05, 0.1) is 0 Å². The Bertz CT molecular complexity index is 458. The van der Waals surface area contributed by atoms with Crippen molar-refractivity contribution in [3.05, 3.63) is 34.9 Å². The molecule has 0 aromatic heterocycles. The number of halogens is 1. The topological polar surface area (TPSA) is 29.1 Å². The van der Waals surface area contributed by atoms with Crippen LogP contribution >= 0.6 is 15.9 Å². The van der Waals surface area contributed by atoms with Crippen LogP contribution < -0.4 is 5.32 Å². The van der Waals surface area contributed by atoms with E-state index in [4.69, 9.17) is 0 Å². The molecule has 3 heteroatoms. The molecule has 2 atom stereocenters. The van der Waals surface area contributed by atoms with Gasteiger partial charge in [0.2, 0.25) is 0 Å². The minimum absolute atomic E-state index is 0.0672. The Labute approximate surface area is 124 Å². The second-order valence-corrected chi connectivity index (χ2v) is 6.73. The maximum absolute atomic E-state index is 12.4. The summed E-state index contributed by atoms with van der Waals surface area (Å²) < 4.78 is 0. The fraction of sp³-hybridized carbons (Fsp3) is 0.562. The van der Waals surface area contributed by atoms with Crippen LogP contribution in [0.3, 0.4) is 0 Å². The van der Waals surface area contributed by atoms with Gasteiger partial charge in [0, 0.05) is 16.4 Å². The molecule has 0 saturated heterocycles. The zero-order chi connectivity index (χ0) is 13.8. The highest BCUT2D eigenvalue weighted by atomic mass is 79.9. The van der Waals surface area contributed by atoms with Crippen molar-refractivity contribution in [2.75, 3.05) is 0 Å². The third kappa shape index (κ3) is 3.82. The van der Waals surface area contributed by atoms with Gasteiger partial charge in [-0.15, -0.1) is 0 Å². The molecule has 1 aliphatic carbocycles. The lowest BCUT2D eigenvalue weighted by atomic mass is 10.0. The van der Waals surface area contributed by atoms with E-state index in [1.54, 1.807) is 0 Å². The van der Waals surface area contributed by atoms with Crippen LogP contribution in [0.25, 0.3) is 0 Å². The summed E-state index contributed by atoms with van der Waals surface area (Å²) in [4.78, 5) is 12.8. The number of carbonyl (C=O) groups excluding carboxylic acids is 1. The first kappa shape index (κ1) is 14.6. The van der Waals surface area contributed by atoms with Gasteiger partial charge in [-0.1, -0.05) is 52.9 Å². The van der Waals surface area contributed by atoms with Crippen molar-refractivity contribution >= 4 is 21.8 Å². The van der Waals surface area contributed by atoms with Crippen LogP contribution in [-0.2, 0) is 0 Å². The number of rotatable bonds is 2. The molecule has 1 aromatic rings. The molecule has 1 aromatic carbocycles. The first-order valence-electron chi connectivity index (χ1n) is 7.10. The maximum atomic E-state index is 12.4. The molecule has 104 valence electrons. The summed E-state index contributed by atoms with van der Waals surface area (Å²) in [6, 6.07) is 6.30. The molecule has 2 rings (SSSR count). The number of hydrogen-bond acceptors (Lipinski definition) is 1. The molecule has 0 spiro atoms. The molecule has 1 saturated carbocycles. The zero-order valence-electron chi connectivity index (χ0n) is 11.7. The summed E-state index contributed by atoms with van der Waals surface area (Å²) in [5.74, 6) is 0.0672. The van der Waals surface area contributed by atoms with Crippen LogP contribution in [0.15, 0.2) is 18.2 Å². The maximum Gasteiger partial charge on any atom is 0.251 e. The van der Waals surface area contributed by atoms with E-state index in [0.29, 0.717) is 4.83 Å². The fourth-order valence-corrected chi connectivity index (χ4v) is 3.37. The molecular weight excluding hydrogens is 302 g/mol. The molecule has 2 unspecified atom stereocenters. The molecule has 0 bridgehead atoms. The predicted molar refractivity (Wildman–Crippen MR) is 83.0 cm³/mol. The standard InChI is InChI=1S/C16H22BrNO/c1-11-8-9-12(2)13(10-11)16(19)18-15-7-5-3-4-6-14(15)17/h8-10,14-15H,3-7H2,1-2H3,(H,18,19). The van der Waals surface area contributed by atoms with Crippen LogP contribution in [0.5, 0.6) is 0 Å². The Morgan fingerprint density at radius 2 is 1.95 bits per heavy atom. The smallest absolute Gasteiger partial charge is 0.251 e. The molecule has 0 radical (unpaired) electrons. The van der Waals surface area contributed by atoms with Crippen molar-refractivity contribution in [3.8, 4) is 0 Å². The van der Waals surface area contributed by atoms with E-state index >= 15 is 0 Å². The second-order valence-electron chi connectivity index (χ2n) is 5.55. The molecule has 1 fully saturated rings. The second kappa shape index (κ2) is 6.56. The van der Waals surface area contributed by atoms with Crippen molar-refractivity contribution in [2.45, 2.75) is 56.8 Å². The van der Waals surface area contributed by atoms with Crippen molar-refractivity contribution in [2.24, 2.45) is 0 Å². The summed E-state index contributed by atoms with van der Waals surface area (Å²) in [7, 11) is 0. The van der Waals surface area contributed by atoms with E-state index in [1.807, 2.05) is 32.0 Å². The van der Waals surface area contributed by atoms with Crippen LogP contribution in [-0.4, -0.2) is 16.8 Å². The number of benzene rings is 1. The monoisotopic (exact) mass is 323 g/mol. The average Bonchev–Trinajstić information content (AvgIpc) is 2.58. The van der Waals surface area contributed by atoms with E-state index in [2.05, 4.69) is 21.2 Å². The lowest BCUT2D eigenvalue weighted by Crippen LogP contribution is -2.40. The van der Waals surface area contributed by atoms with Crippen molar-refractivity contribution < 1.29 is 4.79 Å². The molecule has 1 aliphatic rings. The summed E-state index contributed by atoms with van der Waals surface area (Å²) in [6.45, 7) is 4.02. The third-order valence-corrected chi connectivity index (χ3v) is 4.98. The molecule has 0 aliphatic heterocycles. The number of aryl methyl sites for hydroxylation is 2. The van der Waals surface area contributed by atoms with Gasteiger partial charge in [0.1, 0.15) is 0 Å². The van der Waals surface area contributed by atoms with Crippen molar-refractivity contribution in [1.29, 1.82) is 0 Å². The lowest BCUT2D eigenvalue weighted by Gasteiger charge is -2.22. The molecular formula is C16H22BrNO. The van der Waals surface area contributed by atoms with Crippen LogP contribution in [0, 0.1) is 13.8 Å². The van der Waals surface area contributed by atoms with E-state index in [0.717, 1.165) is 29.5 Å².